The molecule has 0 aliphatic carbocycles. The van der Waals surface area contributed by atoms with Crippen molar-refractivity contribution in [2.24, 2.45) is 5.10 Å². The second kappa shape index (κ2) is 7.01. The first-order valence-electron chi connectivity index (χ1n) is 5.30. The molecular weight excluding hydrogens is 224 g/mol. The van der Waals surface area contributed by atoms with Gasteiger partial charge in [0.2, 0.25) is 5.91 Å². The van der Waals surface area contributed by atoms with Gasteiger partial charge in [0.1, 0.15) is 0 Å². The highest BCUT2D eigenvalue weighted by Gasteiger charge is 1.96. The number of unbranched alkanes of at least 4 members (excludes halogenated alkanes) is 1. The van der Waals surface area contributed by atoms with Crippen molar-refractivity contribution in [2.45, 2.75) is 26.2 Å². The zero-order valence-corrected chi connectivity index (χ0v) is 10.00. The average Bonchev–Trinajstić information content (AvgIpc) is 2.26. The number of nitrogens with zero attached hydrogens (tertiary/aromatic N) is 1. The molecule has 86 valence electrons. The van der Waals surface area contributed by atoms with Crippen molar-refractivity contribution in [3.8, 4) is 0 Å². The Labute approximate surface area is 101 Å². The van der Waals surface area contributed by atoms with Crippen LogP contribution in [0.25, 0.3) is 0 Å². The maximum absolute atomic E-state index is 11.2. The van der Waals surface area contributed by atoms with E-state index in [4.69, 9.17) is 11.6 Å². The third-order valence-electron chi connectivity index (χ3n) is 2.01. The number of nitrogens with one attached hydrogen (secondary N) is 1. The monoisotopic (exact) mass is 238 g/mol. The van der Waals surface area contributed by atoms with E-state index >= 15 is 0 Å². The molecule has 0 aliphatic heterocycles. The van der Waals surface area contributed by atoms with Gasteiger partial charge in [0.15, 0.2) is 0 Å². The summed E-state index contributed by atoms with van der Waals surface area (Å²) in [5.41, 5.74) is 3.34. The molecule has 0 aliphatic rings. The Morgan fingerprint density at radius 2 is 2.38 bits per heavy atom. The summed E-state index contributed by atoms with van der Waals surface area (Å²) in [6.45, 7) is 2.04. The zero-order valence-electron chi connectivity index (χ0n) is 9.24. The van der Waals surface area contributed by atoms with Gasteiger partial charge < -0.3 is 0 Å². The Bertz CT molecular complexity index is 377. The minimum absolute atomic E-state index is 0.0554. The van der Waals surface area contributed by atoms with Gasteiger partial charge >= 0.3 is 0 Å². The quantitative estimate of drug-likeness (QED) is 0.622. The van der Waals surface area contributed by atoms with E-state index in [2.05, 4.69) is 10.5 Å². The normalized spacial score (nSPS) is 10.6. The van der Waals surface area contributed by atoms with Gasteiger partial charge in [0.05, 0.1) is 6.21 Å². The lowest BCUT2D eigenvalue weighted by atomic mass is 10.2. The standard InChI is InChI=1S/C12H15ClN2O/c1-2-3-7-12(16)15-14-9-10-5-4-6-11(13)8-10/h4-6,8-9H,2-3,7H2,1H3,(H,15,16). The van der Waals surface area contributed by atoms with Gasteiger partial charge in [-0.15, -0.1) is 0 Å². The SMILES string of the molecule is CCCCC(=O)NN=Cc1cccc(Cl)c1. The largest absolute Gasteiger partial charge is 0.273 e. The lowest BCUT2D eigenvalue weighted by Crippen LogP contribution is -2.16. The number of hydrogen-bond donors (Lipinski definition) is 1. The maximum Gasteiger partial charge on any atom is 0.240 e. The third-order valence-corrected chi connectivity index (χ3v) is 2.24. The Morgan fingerprint density at radius 1 is 1.56 bits per heavy atom. The van der Waals surface area contributed by atoms with Crippen LogP contribution >= 0.6 is 11.6 Å². The second-order valence-corrected chi connectivity index (χ2v) is 3.89. The van der Waals surface area contributed by atoms with Crippen molar-refractivity contribution in [3.63, 3.8) is 0 Å². The molecule has 0 heterocycles. The maximum atomic E-state index is 11.2. The lowest BCUT2D eigenvalue weighted by Gasteiger charge is -1.97. The number of amides is 1. The Morgan fingerprint density at radius 3 is 3.06 bits per heavy atom. The topological polar surface area (TPSA) is 41.5 Å². The van der Waals surface area contributed by atoms with Gasteiger partial charge in [0.25, 0.3) is 0 Å². The van der Waals surface area contributed by atoms with Crippen molar-refractivity contribution in [1.29, 1.82) is 0 Å². The molecule has 0 atom stereocenters. The fourth-order valence-corrected chi connectivity index (χ4v) is 1.36. The average molecular weight is 239 g/mol. The van der Waals surface area contributed by atoms with Crippen LogP contribution in [0.5, 0.6) is 0 Å². The van der Waals surface area contributed by atoms with Crippen LogP contribution in [0.4, 0.5) is 0 Å². The molecule has 0 bridgehead atoms. The number of benzene rings is 1. The van der Waals surface area contributed by atoms with E-state index in [1.807, 2.05) is 19.1 Å². The molecule has 1 rings (SSSR count). The highest BCUT2D eigenvalue weighted by Crippen LogP contribution is 2.08. The molecule has 0 fully saturated rings. The molecule has 0 unspecified atom stereocenters. The highest BCUT2D eigenvalue weighted by molar-refractivity contribution is 6.30. The van der Waals surface area contributed by atoms with Crippen molar-refractivity contribution < 1.29 is 4.79 Å². The van der Waals surface area contributed by atoms with E-state index in [-0.39, 0.29) is 5.91 Å². The fourth-order valence-electron chi connectivity index (χ4n) is 1.16. The number of rotatable bonds is 5. The molecule has 1 aromatic rings. The van der Waals surface area contributed by atoms with Crippen LogP contribution in [0.1, 0.15) is 31.7 Å². The molecule has 4 heteroatoms. The number of carbonyl (C=O) groups excluding carboxylic acids is 1. The van der Waals surface area contributed by atoms with Crippen LogP contribution in [0.3, 0.4) is 0 Å². The summed E-state index contributed by atoms with van der Waals surface area (Å²) in [4.78, 5) is 11.2. The minimum Gasteiger partial charge on any atom is -0.273 e. The third kappa shape index (κ3) is 4.94. The van der Waals surface area contributed by atoms with Crippen molar-refractivity contribution in [1.82, 2.24) is 5.43 Å². The second-order valence-electron chi connectivity index (χ2n) is 3.45. The van der Waals surface area contributed by atoms with E-state index in [1.54, 1.807) is 18.3 Å². The number of hydrogen-bond acceptors (Lipinski definition) is 2. The van der Waals surface area contributed by atoms with Gasteiger partial charge in [-0.3, -0.25) is 4.79 Å². The molecule has 0 aromatic heterocycles. The van der Waals surface area contributed by atoms with E-state index in [0.717, 1.165) is 18.4 Å². The molecule has 1 N–H and O–H groups in total. The predicted octanol–water partition coefficient (Wildman–Crippen LogP) is 2.98. The molecule has 16 heavy (non-hydrogen) atoms. The van der Waals surface area contributed by atoms with Gasteiger partial charge in [-0.05, 0) is 24.1 Å². The van der Waals surface area contributed by atoms with Crippen molar-refractivity contribution >= 4 is 23.7 Å². The number of hydrazone groups is 1. The van der Waals surface area contributed by atoms with Gasteiger partial charge in [0, 0.05) is 11.4 Å². The summed E-state index contributed by atoms with van der Waals surface area (Å²) in [7, 11) is 0. The minimum atomic E-state index is -0.0554. The Hall–Kier alpha value is -1.35. The van der Waals surface area contributed by atoms with Crippen LogP contribution in [0.2, 0.25) is 5.02 Å². The molecule has 1 aromatic carbocycles. The molecular formula is C12H15ClN2O. The molecule has 0 spiro atoms. The van der Waals surface area contributed by atoms with E-state index in [9.17, 15) is 4.79 Å². The van der Waals surface area contributed by atoms with E-state index in [0.29, 0.717) is 11.4 Å². The highest BCUT2D eigenvalue weighted by atomic mass is 35.5. The zero-order chi connectivity index (χ0) is 11.8. The molecule has 3 nitrogen and oxygen atoms in total. The molecule has 0 saturated carbocycles. The van der Waals surface area contributed by atoms with E-state index < -0.39 is 0 Å². The van der Waals surface area contributed by atoms with Crippen LogP contribution in [0.15, 0.2) is 29.4 Å². The first-order valence-corrected chi connectivity index (χ1v) is 5.67. The molecule has 1 amide bonds. The Balaban J connectivity index is 2.40. The van der Waals surface area contributed by atoms with Gasteiger partial charge in [-0.2, -0.15) is 5.10 Å². The Kier molecular flexibility index (Phi) is 5.57. The van der Waals surface area contributed by atoms with Crippen LogP contribution < -0.4 is 5.43 Å². The summed E-state index contributed by atoms with van der Waals surface area (Å²) in [5.74, 6) is -0.0554. The summed E-state index contributed by atoms with van der Waals surface area (Å²) in [6, 6.07) is 7.28. The number of carbonyl (C=O) groups is 1. The van der Waals surface area contributed by atoms with Gasteiger partial charge in [-0.1, -0.05) is 37.1 Å². The van der Waals surface area contributed by atoms with Crippen LogP contribution in [0, 0.1) is 0 Å². The van der Waals surface area contributed by atoms with Crippen LogP contribution in [-0.2, 0) is 4.79 Å². The summed E-state index contributed by atoms with van der Waals surface area (Å²) in [6.07, 6.45) is 3.99. The summed E-state index contributed by atoms with van der Waals surface area (Å²) < 4.78 is 0. The first-order chi connectivity index (χ1) is 7.72. The van der Waals surface area contributed by atoms with Crippen molar-refractivity contribution in [2.75, 3.05) is 0 Å². The van der Waals surface area contributed by atoms with Gasteiger partial charge in [-0.25, -0.2) is 5.43 Å². The molecule has 0 saturated heterocycles. The van der Waals surface area contributed by atoms with E-state index in [1.165, 1.54) is 0 Å². The first kappa shape index (κ1) is 12.7. The lowest BCUT2D eigenvalue weighted by molar-refractivity contribution is -0.121. The summed E-state index contributed by atoms with van der Waals surface area (Å²) in [5, 5.41) is 4.51. The van der Waals surface area contributed by atoms with Crippen molar-refractivity contribution in [3.05, 3.63) is 34.9 Å². The fraction of sp³-hybridized carbons (Fsp3) is 0.333. The summed E-state index contributed by atoms with van der Waals surface area (Å²) >= 11 is 5.81. The number of halogens is 1. The van der Waals surface area contributed by atoms with Crippen LogP contribution in [-0.4, -0.2) is 12.1 Å². The smallest absolute Gasteiger partial charge is 0.240 e. The molecule has 0 radical (unpaired) electrons. The predicted molar refractivity (Wildman–Crippen MR) is 66.7 cm³/mol.